The zero-order valence-corrected chi connectivity index (χ0v) is 17.4. The van der Waals surface area contributed by atoms with Crippen LogP contribution < -0.4 is 0 Å². The topological polar surface area (TPSA) is 26.8 Å². The number of hydrogen-bond acceptors (Lipinski definition) is 3. The lowest BCUT2D eigenvalue weighted by Gasteiger charge is -2.41. The van der Waals surface area contributed by atoms with Crippen LogP contribution in [0, 0.1) is 17.6 Å². The van der Waals surface area contributed by atoms with Gasteiger partial charge in [-0.2, -0.15) is 0 Å². The predicted molar refractivity (Wildman–Crippen MR) is 113 cm³/mol. The molecule has 0 bridgehead atoms. The molecule has 2 fully saturated rings. The van der Waals surface area contributed by atoms with Crippen LogP contribution in [0.25, 0.3) is 0 Å². The van der Waals surface area contributed by atoms with E-state index in [0.717, 1.165) is 50.1 Å². The Morgan fingerprint density at radius 1 is 0.867 bits per heavy atom. The third-order valence-corrected chi connectivity index (χ3v) is 6.34. The van der Waals surface area contributed by atoms with E-state index in [1.807, 2.05) is 4.90 Å². The Kier molecular flexibility index (Phi) is 6.44. The summed E-state index contributed by atoms with van der Waals surface area (Å²) in [7, 11) is 2.08. The predicted octanol–water partition coefficient (Wildman–Crippen LogP) is 3.54. The van der Waals surface area contributed by atoms with Crippen molar-refractivity contribution in [2.45, 2.75) is 18.9 Å². The zero-order chi connectivity index (χ0) is 21.1. The second kappa shape index (κ2) is 9.23. The van der Waals surface area contributed by atoms with E-state index in [4.69, 9.17) is 0 Å². The van der Waals surface area contributed by atoms with Crippen LogP contribution in [-0.2, 0) is 4.79 Å². The van der Waals surface area contributed by atoms with Crippen molar-refractivity contribution in [3.8, 4) is 0 Å². The van der Waals surface area contributed by atoms with E-state index >= 15 is 0 Å². The lowest BCUT2D eigenvalue weighted by molar-refractivity contribution is -0.139. The lowest BCUT2D eigenvalue weighted by atomic mass is 9.95. The fraction of sp³-hybridized carbons (Fsp3) is 0.458. The van der Waals surface area contributed by atoms with Crippen LogP contribution in [0.15, 0.2) is 48.5 Å². The molecule has 0 N–H and O–H groups in total. The number of nitrogens with zero attached hydrogens (tertiary/aromatic N) is 3. The Morgan fingerprint density at radius 3 is 1.90 bits per heavy atom. The molecule has 0 radical (unpaired) electrons. The summed E-state index contributed by atoms with van der Waals surface area (Å²) in [6.45, 7) is 4.72. The molecule has 2 aliphatic rings. The van der Waals surface area contributed by atoms with Gasteiger partial charge in [0.2, 0.25) is 5.91 Å². The van der Waals surface area contributed by atoms with Crippen molar-refractivity contribution >= 4 is 5.91 Å². The minimum atomic E-state index is -0.274. The van der Waals surface area contributed by atoms with Crippen LogP contribution in [-0.4, -0.2) is 66.9 Å². The fourth-order valence-electron chi connectivity index (χ4n) is 4.73. The maximum Gasteiger partial charge on any atom is 0.227 e. The van der Waals surface area contributed by atoms with E-state index < -0.39 is 0 Å². The number of halogens is 2. The molecular weight excluding hydrogens is 384 g/mol. The molecule has 0 saturated carbocycles. The summed E-state index contributed by atoms with van der Waals surface area (Å²) in [6, 6.07) is 12.9. The highest BCUT2D eigenvalue weighted by atomic mass is 19.1. The molecule has 160 valence electrons. The van der Waals surface area contributed by atoms with Gasteiger partial charge in [-0.1, -0.05) is 24.3 Å². The number of benzene rings is 2. The highest BCUT2D eigenvalue weighted by molar-refractivity contribution is 5.79. The molecule has 4 nitrogen and oxygen atoms in total. The largest absolute Gasteiger partial charge is 0.340 e. The first-order chi connectivity index (χ1) is 14.5. The van der Waals surface area contributed by atoms with Crippen LogP contribution in [0.2, 0.25) is 0 Å². The van der Waals surface area contributed by atoms with E-state index in [0.29, 0.717) is 13.1 Å². The molecule has 2 aromatic rings. The van der Waals surface area contributed by atoms with Crippen LogP contribution in [0.5, 0.6) is 0 Å². The molecule has 1 unspecified atom stereocenters. The Labute approximate surface area is 177 Å². The highest BCUT2D eigenvalue weighted by Gasteiger charge is 2.32. The first kappa shape index (κ1) is 20.9. The van der Waals surface area contributed by atoms with E-state index in [2.05, 4.69) is 16.8 Å². The van der Waals surface area contributed by atoms with Crippen molar-refractivity contribution in [3.63, 3.8) is 0 Å². The van der Waals surface area contributed by atoms with Crippen LogP contribution >= 0.6 is 0 Å². The van der Waals surface area contributed by atoms with Crippen LogP contribution in [0.3, 0.4) is 0 Å². The summed E-state index contributed by atoms with van der Waals surface area (Å²) >= 11 is 0. The van der Waals surface area contributed by atoms with Gasteiger partial charge >= 0.3 is 0 Å². The van der Waals surface area contributed by atoms with Crippen LogP contribution in [0.4, 0.5) is 8.78 Å². The molecule has 0 aliphatic carbocycles. The summed E-state index contributed by atoms with van der Waals surface area (Å²) in [6.07, 6.45) is 2.04. The zero-order valence-electron chi connectivity index (χ0n) is 17.4. The van der Waals surface area contributed by atoms with Crippen molar-refractivity contribution in [1.82, 2.24) is 14.7 Å². The smallest absolute Gasteiger partial charge is 0.227 e. The molecule has 2 saturated heterocycles. The maximum atomic E-state index is 13.5. The third-order valence-electron chi connectivity index (χ3n) is 6.34. The third kappa shape index (κ3) is 4.71. The summed E-state index contributed by atoms with van der Waals surface area (Å²) in [4.78, 5) is 19.5. The van der Waals surface area contributed by atoms with Gasteiger partial charge in [0.15, 0.2) is 0 Å². The standard InChI is InChI=1S/C24H29F2N3O/c1-27-12-2-3-20(17-27)24(30)29-15-13-28(14-16-29)23(18-4-8-21(25)9-5-18)19-6-10-22(26)11-7-19/h4-11,20,23H,2-3,12-17H2,1H3. The average Bonchev–Trinajstić information content (AvgIpc) is 2.76. The number of likely N-dealkylation sites (tertiary alicyclic amines) is 1. The lowest BCUT2D eigenvalue weighted by Crippen LogP contribution is -2.53. The van der Waals surface area contributed by atoms with Gasteiger partial charge in [-0.15, -0.1) is 0 Å². The minimum absolute atomic E-state index is 0.0933. The van der Waals surface area contributed by atoms with Gasteiger partial charge in [0.1, 0.15) is 11.6 Å². The molecule has 4 rings (SSSR count). The molecule has 1 atom stereocenters. The Balaban J connectivity index is 1.48. The van der Waals surface area contributed by atoms with E-state index in [1.54, 1.807) is 24.3 Å². The first-order valence-electron chi connectivity index (χ1n) is 10.7. The summed E-state index contributed by atoms with van der Waals surface area (Å²) in [5, 5.41) is 0. The number of amides is 1. The van der Waals surface area contributed by atoms with Crippen molar-refractivity contribution < 1.29 is 13.6 Å². The van der Waals surface area contributed by atoms with E-state index in [-0.39, 0.29) is 29.5 Å². The van der Waals surface area contributed by atoms with Gasteiger partial charge in [0.05, 0.1) is 12.0 Å². The second-order valence-corrected chi connectivity index (χ2v) is 8.47. The Morgan fingerprint density at radius 2 is 1.40 bits per heavy atom. The maximum absolute atomic E-state index is 13.5. The SMILES string of the molecule is CN1CCCC(C(=O)N2CCN(C(c3ccc(F)cc3)c3ccc(F)cc3)CC2)C1. The molecule has 6 heteroatoms. The highest BCUT2D eigenvalue weighted by Crippen LogP contribution is 2.30. The molecule has 2 heterocycles. The molecule has 30 heavy (non-hydrogen) atoms. The Hall–Kier alpha value is -2.31. The van der Waals surface area contributed by atoms with Gasteiger partial charge in [-0.3, -0.25) is 9.69 Å². The average molecular weight is 414 g/mol. The number of piperidine rings is 1. The monoisotopic (exact) mass is 413 g/mol. The molecule has 0 aromatic heterocycles. The molecule has 0 spiro atoms. The van der Waals surface area contributed by atoms with E-state index in [1.165, 1.54) is 24.3 Å². The van der Waals surface area contributed by atoms with Crippen molar-refractivity contribution in [3.05, 3.63) is 71.3 Å². The summed E-state index contributed by atoms with van der Waals surface area (Å²) in [5.41, 5.74) is 1.94. The number of carbonyl (C=O) groups excluding carboxylic acids is 1. The van der Waals surface area contributed by atoms with Crippen molar-refractivity contribution in [2.75, 3.05) is 46.3 Å². The molecule has 2 aliphatic heterocycles. The molecular formula is C24H29F2N3O. The molecule has 2 aromatic carbocycles. The summed E-state index contributed by atoms with van der Waals surface area (Å²) in [5.74, 6) is -0.185. The van der Waals surface area contributed by atoms with Gasteiger partial charge in [0.25, 0.3) is 0 Å². The van der Waals surface area contributed by atoms with Crippen molar-refractivity contribution in [2.24, 2.45) is 5.92 Å². The molecule has 1 amide bonds. The van der Waals surface area contributed by atoms with Gasteiger partial charge in [0, 0.05) is 32.7 Å². The number of rotatable bonds is 4. The van der Waals surface area contributed by atoms with E-state index in [9.17, 15) is 13.6 Å². The Bertz CT molecular complexity index is 802. The van der Waals surface area contributed by atoms with Crippen LogP contribution in [0.1, 0.15) is 30.0 Å². The quantitative estimate of drug-likeness (QED) is 0.767. The second-order valence-electron chi connectivity index (χ2n) is 8.47. The van der Waals surface area contributed by atoms with Gasteiger partial charge in [-0.05, 0) is 61.8 Å². The number of carbonyl (C=O) groups is 1. The minimum Gasteiger partial charge on any atom is -0.340 e. The normalized spacial score (nSPS) is 21.2. The van der Waals surface area contributed by atoms with Gasteiger partial charge < -0.3 is 9.80 Å². The van der Waals surface area contributed by atoms with Crippen molar-refractivity contribution in [1.29, 1.82) is 0 Å². The number of hydrogen-bond donors (Lipinski definition) is 0. The van der Waals surface area contributed by atoms with Gasteiger partial charge in [-0.25, -0.2) is 8.78 Å². The first-order valence-corrected chi connectivity index (χ1v) is 10.7. The fourth-order valence-corrected chi connectivity index (χ4v) is 4.73. The number of piperazine rings is 1. The summed E-state index contributed by atoms with van der Waals surface area (Å²) < 4.78 is 27.0.